The number of rotatable bonds is 3. The van der Waals surface area contributed by atoms with Crippen LogP contribution in [0.2, 0.25) is 5.02 Å². The van der Waals surface area contributed by atoms with E-state index in [0.717, 1.165) is 43.1 Å². The van der Waals surface area contributed by atoms with E-state index in [2.05, 4.69) is 12.2 Å². The number of amides is 1. The molecule has 0 spiro atoms. The van der Waals surface area contributed by atoms with E-state index in [4.69, 9.17) is 11.6 Å². The third kappa shape index (κ3) is 3.87. The third-order valence-electron chi connectivity index (χ3n) is 3.77. The summed E-state index contributed by atoms with van der Waals surface area (Å²) in [6.07, 6.45) is 2.23. The van der Waals surface area contributed by atoms with Crippen molar-refractivity contribution < 1.29 is 4.79 Å². The van der Waals surface area contributed by atoms with Gasteiger partial charge in [-0.25, -0.2) is 0 Å². The Morgan fingerprint density at radius 2 is 2.11 bits per heavy atom. The summed E-state index contributed by atoms with van der Waals surface area (Å²) in [5, 5.41) is 3.87. The molecule has 19 heavy (non-hydrogen) atoms. The summed E-state index contributed by atoms with van der Waals surface area (Å²) in [5.74, 6) is 0.915. The van der Waals surface area contributed by atoms with Crippen LogP contribution in [0, 0.1) is 12.8 Å². The smallest absolute Gasteiger partial charge is 0.241 e. The van der Waals surface area contributed by atoms with Crippen LogP contribution in [0.15, 0.2) is 18.2 Å². The van der Waals surface area contributed by atoms with Crippen LogP contribution in [-0.2, 0) is 4.79 Å². The van der Waals surface area contributed by atoms with Gasteiger partial charge in [0.1, 0.15) is 0 Å². The molecule has 1 aliphatic heterocycles. The number of carbonyl (C=O) groups excluding carboxylic acids is 1. The molecule has 0 atom stereocenters. The number of hydrogen-bond acceptors (Lipinski definition) is 2. The predicted molar refractivity (Wildman–Crippen MR) is 79.7 cm³/mol. The molecule has 1 N–H and O–H groups in total. The quantitative estimate of drug-likeness (QED) is 0.921. The van der Waals surface area contributed by atoms with E-state index in [1.807, 2.05) is 30.0 Å². The van der Waals surface area contributed by atoms with Crippen molar-refractivity contribution >= 4 is 23.2 Å². The zero-order valence-electron chi connectivity index (χ0n) is 11.6. The fraction of sp³-hybridized carbons (Fsp3) is 0.533. The van der Waals surface area contributed by atoms with Crippen LogP contribution < -0.4 is 5.32 Å². The molecule has 0 aromatic heterocycles. The molecule has 0 unspecified atom stereocenters. The molecular formula is C15H21ClN2O. The molecule has 0 bridgehead atoms. The molecule has 1 heterocycles. The Morgan fingerprint density at radius 3 is 2.79 bits per heavy atom. The largest absolute Gasteiger partial charge is 0.376 e. The minimum Gasteiger partial charge on any atom is -0.376 e. The van der Waals surface area contributed by atoms with Crippen LogP contribution in [0.5, 0.6) is 0 Å². The molecule has 1 amide bonds. The van der Waals surface area contributed by atoms with Crippen LogP contribution in [0.4, 0.5) is 5.69 Å². The first-order valence-electron chi connectivity index (χ1n) is 6.84. The number of hydrogen-bond donors (Lipinski definition) is 1. The number of benzene rings is 1. The number of piperidine rings is 1. The van der Waals surface area contributed by atoms with E-state index >= 15 is 0 Å². The molecule has 2 rings (SSSR count). The molecule has 4 heteroatoms. The molecule has 0 radical (unpaired) electrons. The van der Waals surface area contributed by atoms with Crippen LogP contribution >= 0.6 is 11.6 Å². The van der Waals surface area contributed by atoms with Gasteiger partial charge in [0.25, 0.3) is 0 Å². The zero-order chi connectivity index (χ0) is 13.8. The minimum absolute atomic E-state index is 0.172. The first-order chi connectivity index (χ1) is 9.06. The monoisotopic (exact) mass is 280 g/mol. The van der Waals surface area contributed by atoms with Crippen molar-refractivity contribution in [2.45, 2.75) is 26.7 Å². The van der Waals surface area contributed by atoms with Gasteiger partial charge in [-0.1, -0.05) is 24.6 Å². The maximum atomic E-state index is 12.1. The van der Waals surface area contributed by atoms with Crippen molar-refractivity contribution in [1.82, 2.24) is 4.90 Å². The van der Waals surface area contributed by atoms with Gasteiger partial charge < -0.3 is 10.2 Å². The molecule has 104 valence electrons. The van der Waals surface area contributed by atoms with Gasteiger partial charge in [0.2, 0.25) is 5.91 Å². The van der Waals surface area contributed by atoms with Crippen molar-refractivity contribution in [3.63, 3.8) is 0 Å². The third-order valence-corrected chi connectivity index (χ3v) is 4.00. The molecule has 3 nitrogen and oxygen atoms in total. The van der Waals surface area contributed by atoms with Crippen LogP contribution in [-0.4, -0.2) is 30.4 Å². The first kappa shape index (κ1) is 14.2. The van der Waals surface area contributed by atoms with Gasteiger partial charge in [-0.2, -0.15) is 0 Å². The summed E-state index contributed by atoms with van der Waals surface area (Å²) in [5.41, 5.74) is 2.04. The average molecular weight is 281 g/mol. The highest BCUT2D eigenvalue weighted by atomic mass is 35.5. The van der Waals surface area contributed by atoms with Gasteiger partial charge in [-0.05, 0) is 43.4 Å². The maximum absolute atomic E-state index is 12.1. The summed E-state index contributed by atoms with van der Waals surface area (Å²) in [6, 6.07) is 5.68. The molecule has 0 saturated carbocycles. The van der Waals surface area contributed by atoms with E-state index in [1.54, 1.807) is 0 Å². The second-order valence-electron chi connectivity index (χ2n) is 5.38. The predicted octanol–water partition coefficient (Wildman–Crippen LogP) is 3.32. The number of nitrogens with one attached hydrogen (secondary N) is 1. The number of aryl methyl sites for hydroxylation is 1. The molecule has 1 aliphatic rings. The summed E-state index contributed by atoms with van der Waals surface area (Å²) in [4.78, 5) is 14.1. The number of nitrogens with zero attached hydrogens (tertiary/aromatic N) is 1. The van der Waals surface area contributed by atoms with E-state index < -0.39 is 0 Å². The van der Waals surface area contributed by atoms with Crippen molar-refractivity contribution in [3.05, 3.63) is 28.8 Å². The topological polar surface area (TPSA) is 32.3 Å². The SMILES string of the molecule is Cc1ccc(Cl)cc1NCC(=O)N1CCC(C)CC1. The zero-order valence-corrected chi connectivity index (χ0v) is 12.3. The fourth-order valence-electron chi connectivity index (χ4n) is 2.33. The van der Waals surface area contributed by atoms with Gasteiger partial charge >= 0.3 is 0 Å². The lowest BCUT2D eigenvalue weighted by molar-refractivity contribution is -0.130. The number of anilines is 1. The molecular weight excluding hydrogens is 260 g/mol. The normalized spacial score (nSPS) is 16.5. The highest BCUT2D eigenvalue weighted by molar-refractivity contribution is 6.30. The standard InChI is InChI=1S/C15H21ClN2O/c1-11-5-7-18(8-6-11)15(19)10-17-14-9-13(16)4-3-12(14)2/h3-4,9,11,17H,5-8,10H2,1-2H3. The van der Waals surface area contributed by atoms with Crippen molar-refractivity contribution in [2.24, 2.45) is 5.92 Å². The highest BCUT2D eigenvalue weighted by Crippen LogP contribution is 2.20. The Bertz CT molecular complexity index is 453. The lowest BCUT2D eigenvalue weighted by Crippen LogP contribution is -2.40. The molecule has 1 saturated heterocycles. The molecule has 0 aliphatic carbocycles. The van der Waals surface area contributed by atoms with Crippen molar-refractivity contribution in [1.29, 1.82) is 0 Å². The van der Waals surface area contributed by atoms with Gasteiger partial charge in [-0.3, -0.25) is 4.79 Å². The first-order valence-corrected chi connectivity index (χ1v) is 7.22. The fourth-order valence-corrected chi connectivity index (χ4v) is 2.50. The number of halogens is 1. The van der Waals surface area contributed by atoms with Crippen LogP contribution in [0.1, 0.15) is 25.3 Å². The van der Waals surface area contributed by atoms with E-state index in [-0.39, 0.29) is 5.91 Å². The lowest BCUT2D eigenvalue weighted by atomic mass is 9.99. The summed E-state index contributed by atoms with van der Waals surface area (Å²) in [7, 11) is 0. The Morgan fingerprint density at radius 1 is 1.42 bits per heavy atom. The van der Waals surface area contributed by atoms with Crippen LogP contribution in [0.25, 0.3) is 0 Å². The van der Waals surface area contributed by atoms with Crippen molar-refractivity contribution in [2.75, 3.05) is 25.0 Å². The number of likely N-dealkylation sites (tertiary alicyclic amines) is 1. The second kappa shape index (κ2) is 6.29. The molecule has 1 aromatic carbocycles. The Hall–Kier alpha value is -1.22. The second-order valence-corrected chi connectivity index (χ2v) is 5.81. The summed E-state index contributed by atoms with van der Waals surface area (Å²) < 4.78 is 0. The average Bonchev–Trinajstić information content (AvgIpc) is 2.40. The Labute approximate surface area is 119 Å². The highest BCUT2D eigenvalue weighted by Gasteiger charge is 2.19. The Kier molecular flexibility index (Phi) is 4.70. The van der Waals surface area contributed by atoms with E-state index in [9.17, 15) is 4.79 Å². The van der Waals surface area contributed by atoms with E-state index in [1.165, 1.54) is 0 Å². The maximum Gasteiger partial charge on any atom is 0.241 e. The van der Waals surface area contributed by atoms with Gasteiger partial charge in [-0.15, -0.1) is 0 Å². The van der Waals surface area contributed by atoms with Gasteiger partial charge in [0, 0.05) is 23.8 Å². The Balaban J connectivity index is 1.88. The van der Waals surface area contributed by atoms with Crippen LogP contribution in [0.3, 0.4) is 0 Å². The number of carbonyl (C=O) groups is 1. The summed E-state index contributed by atoms with van der Waals surface area (Å²) in [6.45, 7) is 6.36. The lowest BCUT2D eigenvalue weighted by Gasteiger charge is -2.30. The summed E-state index contributed by atoms with van der Waals surface area (Å²) >= 11 is 5.96. The molecule has 1 aromatic rings. The minimum atomic E-state index is 0.172. The van der Waals surface area contributed by atoms with Gasteiger partial charge in [0.05, 0.1) is 6.54 Å². The van der Waals surface area contributed by atoms with Crippen molar-refractivity contribution in [3.8, 4) is 0 Å². The molecule has 1 fully saturated rings. The van der Waals surface area contributed by atoms with Gasteiger partial charge in [0.15, 0.2) is 0 Å². The van der Waals surface area contributed by atoms with E-state index in [0.29, 0.717) is 11.6 Å².